The van der Waals surface area contributed by atoms with Crippen LogP contribution in [-0.4, -0.2) is 40.2 Å². The Kier molecular flexibility index (Phi) is 2.41. The molecular formula is C15H18N4O. The number of primary amides is 1. The fourth-order valence-electron chi connectivity index (χ4n) is 3.97. The number of nitrogens with zero attached hydrogens (tertiary/aromatic N) is 3. The molecule has 20 heavy (non-hydrogen) atoms. The van der Waals surface area contributed by atoms with Gasteiger partial charge in [-0.15, -0.1) is 0 Å². The molecular weight excluding hydrogens is 252 g/mol. The van der Waals surface area contributed by atoms with Crippen molar-refractivity contribution in [2.24, 2.45) is 11.7 Å². The van der Waals surface area contributed by atoms with Crippen molar-refractivity contribution >= 4 is 16.8 Å². The highest BCUT2D eigenvalue weighted by molar-refractivity contribution is 6.04. The molecule has 3 atom stereocenters. The average molecular weight is 270 g/mol. The van der Waals surface area contributed by atoms with E-state index in [1.807, 2.05) is 28.9 Å². The minimum absolute atomic E-state index is 0.397. The van der Waals surface area contributed by atoms with Crippen LogP contribution in [0.25, 0.3) is 10.9 Å². The van der Waals surface area contributed by atoms with Gasteiger partial charge in [-0.2, -0.15) is 5.10 Å². The van der Waals surface area contributed by atoms with Crippen LogP contribution in [0, 0.1) is 5.92 Å². The van der Waals surface area contributed by atoms with E-state index in [9.17, 15) is 4.79 Å². The number of benzene rings is 1. The van der Waals surface area contributed by atoms with Crippen molar-refractivity contribution in [3.63, 3.8) is 0 Å². The van der Waals surface area contributed by atoms with Crippen LogP contribution >= 0.6 is 0 Å². The molecule has 1 saturated carbocycles. The lowest BCUT2D eigenvalue weighted by Gasteiger charge is -2.29. The molecule has 5 nitrogen and oxygen atoms in total. The number of hydrogen-bond acceptors (Lipinski definition) is 3. The Morgan fingerprint density at radius 3 is 2.80 bits per heavy atom. The quantitative estimate of drug-likeness (QED) is 0.897. The molecule has 2 N–H and O–H groups in total. The van der Waals surface area contributed by atoms with Gasteiger partial charge in [0.1, 0.15) is 0 Å². The molecule has 1 aromatic carbocycles. The van der Waals surface area contributed by atoms with Gasteiger partial charge < -0.3 is 10.6 Å². The highest BCUT2D eigenvalue weighted by Gasteiger charge is 2.44. The van der Waals surface area contributed by atoms with E-state index < -0.39 is 5.91 Å². The van der Waals surface area contributed by atoms with E-state index in [-0.39, 0.29) is 0 Å². The zero-order chi connectivity index (χ0) is 13.9. The zero-order valence-corrected chi connectivity index (χ0v) is 11.5. The second kappa shape index (κ2) is 4.06. The predicted octanol–water partition coefficient (Wildman–Crippen LogP) is 1.40. The molecule has 2 fully saturated rings. The highest BCUT2D eigenvalue weighted by Crippen LogP contribution is 2.44. The van der Waals surface area contributed by atoms with Crippen molar-refractivity contribution < 1.29 is 4.79 Å². The minimum atomic E-state index is -0.444. The van der Waals surface area contributed by atoms with Gasteiger partial charge in [-0.3, -0.25) is 9.48 Å². The van der Waals surface area contributed by atoms with Gasteiger partial charge in [0.2, 0.25) is 0 Å². The van der Waals surface area contributed by atoms with Crippen LogP contribution in [-0.2, 0) is 0 Å². The van der Waals surface area contributed by atoms with Crippen LogP contribution in [0.5, 0.6) is 0 Å². The van der Waals surface area contributed by atoms with Gasteiger partial charge in [0, 0.05) is 18.0 Å². The minimum Gasteiger partial charge on any atom is -0.364 e. The van der Waals surface area contributed by atoms with Crippen LogP contribution in [0.1, 0.15) is 29.4 Å². The summed E-state index contributed by atoms with van der Waals surface area (Å²) in [6, 6.07) is 8.93. The van der Waals surface area contributed by atoms with E-state index in [0.29, 0.717) is 23.7 Å². The second-order valence-corrected chi connectivity index (χ2v) is 6.07. The number of para-hydroxylation sites is 1. The van der Waals surface area contributed by atoms with Crippen molar-refractivity contribution in [2.45, 2.75) is 24.9 Å². The molecule has 2 aliphatic rings. The van der Waals surface area contributed by atoms with Crippen LogP contribution < -0.4 is 5.73 Å². The molecule has 0 spiro atoms. The lowest BCUT2D eigenvalue weighted by Crippen LogP contribution is -2.33. The van der Waals surface area contributed by atoms with Crippen molar-refractivity contribution in [1.29, 1.82) is 0 Å². The maximum absolute atomic E-state index is 11.6. The third-order valence-electron chi connectivity index (χ3n) is 4.94. The van der Waals surface area contributed by atoms with Gasteiger partial charge in [-0.05, 0) is 31.9 Å². The molecule has 104 valence electrons. The molecule has 1 aliphatic heterocycles. The van der Waals surface area contributed by atoms with E-state index >= 15 is 0 Å². The summed E-state index contributed by atoms with van der Waals surface area (Å²) in [5.41, 5.74) is 6.90. The first-order valence-corrected chi connectivity index (χ1v) is 7.12. The summed E-state index contributed by atoms with van der Waals surface area (Å²) in [7, 11) is 2.19. The monoisotopic (exact) mass is 270 g/mol. The van der Waals surface area contributed by atoms with Crippen molar-refractivity contribution in [1.82, 2.24) is 14.7 Å². The number of hydrogen-bond donors (Lipinski definition) is 1. The zero-order valence-electron chi connectivity index (χ0n) is 11.5. The number of fused-ring (bicyclic) bond motifs is 3. The fourth-order valence-corrected chi connectivity index (χ4v) is 3.97. The Balaban J connectivity index is 1.83. The Hall–Kier alpha value is -1.88. The number of likely N-dealkylation sites (tertiary alicyclic amines) is 1. The van der Waals surface area contributed by atoms with Gasteiger partial charge in [-0.1, -0.05) is 18.2 Å². The van der Waals surface area contributed by atoms with Gasteiger partial charge in [-0.25, -0.2) is 0 Å². The molecule has 3 unspecified atom stereocenters. The Morgan fingerprint density at radius 1 is 1.35 bits per heavy atom. The Labute approximate surface area is 117 Å². The molecule has 1 aliphatic carbocycles. The van der Waals surface area contributed by atoms with E-state index in [0.717, 1.165) is 23.9 Å². The predicted molar refractivity (Wildman–Crippen MR) is 76.4 cm³/mol. The topological polar surface area (TPSA) is 64.2 Å². The molecule has 5 heteroatoms. The molecule has 2 heterocycles. The van der Waals surface area contributed by atoms with Crippen LogP contribution in [0.2, 0.25) is 0 Å². The van der Waals surface area contributed by atoms with Crippen molar-refractivity contribution in [2.75, 3.05) is 13.6 Å². The maximum Gasteiger partial charge on any atom is 0.269 e. The van der Waals surface area contributed by atoms with Crippen molar-refractivity contribution in [3.8, 4) is 0 Å². The number of amides is 1. The fraction of sp³-hybridized carbons (Fsp3) is 0.467. The Morgan fingerprint density at radius 2 is 2.15 bits per heavy atom. The first-order chi connectivity index (χ1) is 9.65. The lowest BCUT2D eigenvalue weighted by atomic mass is 10.0. The van der Waals surface area contributed by atoms with Gasteiger partial charge in [0.15, 0.2) is 5.69 Å². The Bertz CT molecular complexity index is 690. The summed E-state index contributed by atoms with van der Waals surface area (Å²) in [6.45, 7) is 1.12. The summed E-state index contributed by atoms with van der Waals surface area (Å²) in [5.74, 6) is 0.189. The summed E-state index contributed by atoms with van der Waals surface area (Å²) in [6.07, 6.45) is 2.35. The number of piperidine rings is 1. The molecule has 2 bridgehead atoms. The smallest absolute Gasteiger partial charge is 0.269 e. The first kappa shape index (κ1) is 11.9. The molecule has 1 saturated heterocycles. The van der Waals surface area contributed by atoms with E-state index in [1.165, 1.54) is 6.42 Å². The van der Waals surface area contributed by atoms with Crippen LogP contribution in [0.15, 0.2) is 24.3 Å². The van der Waals surface area contributed by atoms with Crippen LogP contribution in [0.3, 0.4) is 0 Å². The summed E-state index contributed by atoms with van der Waals surface area (Å²) < 4.78 is 2.05. The number of nitrogens with two attached hydrogens (primary N) is 1. The van der Waals surface area contributed by atoms with E-state index in [2.05, 4.69) is 17.0 Å². The van der Waals surface area contributed by atoms with Gasteiger partial charge >= 0.3 is 0 Å². The molecule has 4 rings (SSSR count). The lowest BCUT2D eigenvalue weighted by molar-refractivity contribution is 0.0995. The second-order valence-electron chi connectivity index (χ2n) is 6.07. The van der Waals surface area contributed by atoms with E-state index in [4.69, 9.17) is 5.73 Å². The highest BCUT2D eigenvalue weighted by atomic mass is 16.1. The van der Waals surface area contributed by atoms with Crippen LogP contribution in [0.4, 0.5) is 0 Å². The standard InChI is InChI=1S/C15H18N4O/c1-18-8-9-6-10(18)7-13(9)19-12-5-3-2-4-11(12)14(17-19)15(16)20/h2-5,9-10,13H,6-8H2,1H3,(H2,16,20). The van der Waals surface area contributed by atoms with Crippen molar-refractivity contribution in [3.05, 3.63) is 30.0 Å². The number of rotatable bonds is 2. The van der Waals surface area contributed by atoms with Gasteiger partial charge in [0.05, 0.1) is 11.6 Å². The number of aromatic nitrogens is 2. The molecule has 0 radical (unpaired) electrons. The number of carbonyl (C=O) groups is 1. The third-order valence-corrected chi connectivity index (χ3v) is 4.94. The summed E-state index contributed by atoms with van der Waals surface area (Å²) in [4.78, 5) is 14.0. The summed E-state index contributed by atoms with van der Waals surface area (Å²) >= 11 is 0. The van der Waals surface area contributed by atoms with E-state index in [1.54, 1.807) is 0 Å². The van der Waals surface area contributed by atoms with Gasteiger partial charge in [0.25, 0.3) is 5.91 Å². The SMILES string of the molecule is CN1CC2CC1CC2n1nc(C(N)=O)c2ccccc21. The number of carbonyl (C=O) groups excluding carboxylic acids is 1. The maximum atomic E-state index is 11.6. The summed E-state index contributed by atoms with van der Waals surface area (Å²) in [5, 5.41) is 5.41. The average Bonchev–Trinajstić information content (AvgIpc) is 3.08. The molecule has 1 aromatic heterocycles. The molecule has 2 aromatic rings. The first-order valence-electron chi connectivity index (χ1n) is 7.12. The normalized spacial score (nSPS) is 29.4. The third kappa shape index (κ3) is 1.53. The molecule has 1 amide bonds. The largest absolute Gasteiger partial charge is 0.364 e.